The molecule has 0 aliphatic carbocycles. The van der Waals surface area contributed by atoms with Crippen LogP contribution in [0.5, 0.6) is 11.5 Å². The van der Waals surface area contributed by atoms with Gasteiger partial charge in [0.15, 0.2) is 0 Å². The first kappa shape index (κ1) is 19.9. The number of para-hydroxylation sites is 1. The maximum atomic E-state index is 12.2. The molecule has 6 nitrogen and oxygen atoms in total. The zero-order valence-corrected chi connectivity index (χ0v) is 15.4. The minimum absolute atomic E-state index is 0.00486. The van der Waals surface area contributed by atoms with Gasteiger partial charge in [0.1, 0.15) is 11.5 Å². The number of carboxylic acid groups (broad SMARTS) is 1. The van der Waals surface area contributed by atoms with E-state index in [4.69, 9.17) is 4.74 Å². The Hall–Kier alpha value is -2.38. The summed E-state index contributed by atoms with van der Waals surface area (Å²) in [6, 6.07) is 13.8. The number of aryl methyl sites for hydroxylation is 1. The second-order valence-electron chi connectivity index (χ2n) is 5.92. The number of rotatable bonds is 10. The summed E-state index contributed by atoms with van der Waals surface area (Å²) in [5, 5.41) is 10.3. The van der Waals surface area contributed by atoms with Crippen molar-refractivity contribution in [2.45, 2.75) is 37.5 Å². The number of ether oxygens (including phenoxy) is 1. The first-order chi connectivity index (χ1) is 12.4. The monoisotopic (exact) mass is 376 g/mol. The molecule has 0 radical (unpaired) electrons. The maximum Gasteiger partial charge on any atom is 0.240 e. The molecule has 0 aliphatic rings. The number of unbranched alkanes of at least 4 members (excludes halogenated alkanes) is 2. The van der Waals surface area contributed by atoms with Crippen molar-refractivity contribution in [3.8, 4) is 11.5 Å². The lowest BCUT2D eigenvalue weighted by atomic mass is 10.2. The van der Waals surface area contributed by atoms with Crippen molar-refractivity contribution in [2.24, 2.45) is 0 Å². The van der Waals surface area contributed by atoms with Crippen LogP contribution in [0.2, 0.25) is 0 Å². The van der Waals surface area contributed by atoms with Crippen LogP contribution in [0.1, 0.15) is 31.2 Å². The molecule has 0 unspecified atom stereocenters. The van der Waals surface area contributed by atoms with E-state index in [1.54, 1.807) is 12.1 Å². The third-order valence-corrected chi connectivity index (χ3v) is 5.28. The molecule has 0 amide bonds. The molecular formula is C19H22NO5S-. The fraction of sp³-hybridized carbons (Fsp3) is 0.316. The average molecular weight is 376 g/mol. The van der Waals surface area contributed by atoms with E-state index in [1.807, 2.05) is 31.2 Å². The Balaban J connectivity index is 1.88. The van der Waals surface area contributed by atoms with Gasteiger partial charge in [-0.25, -0.2) is 13.1 Å². The number of aliphatic carboxylic acids is 1. The zero-order chi connectivity index (χ0) is 19.0. The van der Waals surface area contributed by atoms with Crippen molar-refractivity contribution in [1.29, 1.82) is 0 Å². The minimum atomic E-state index is -3.60. The summed E-state index contributed by atoms with van der Waals surface area (Å²) in [6.07, 6.45) is 1.67. The molecule has 0 aromatic heterocycles. The summed E-state index contributed by atoms with van der Waals surface area (Å²) in [4.78, 5) is 10.5. The maximum absolute atomic E-state index is 12.2. The first-order valence-corrected chi connectivity index (χ1v) is 9.90. The van der Waals surface area contributed by atoms with Gasteiger partial charge in [-0.3, -0.25) is 0 Å². The van der Waals surface area contributed by atoms with Crippen LogP contribution >= 0.6 is 0 Å². The topological polar surface area (TPSA) is 95.5 Å². The quantitative estimate of drug-likeness (QED) is 0.642. The van der Waals surface area contributed by atoms with Gasteiger partial charge in [0, 0.05) is 12.5 Å². The molecule has 0 atom stereocenters. The minimum Gasteiger partial charge on any atom is -0.550 e. The Labute approximate surface area is 153 Å². The Bertz CT molecular complexity index is 831. The predicted octanol–water partition coefficient (Wildman–Crippen LogP) is 2.38. The molecular weight excluding hydrogens is 354 g/mol. The molecule has 26 heavy (non-hydrogen) atoms. The Morgan fingerprint density at radius 3 is 2.38 bits per heavy atom. The lowest BCUT2D eigenvalue weighted by Gasteiger charge is -2.10. The molecule has 2 aromatic carbocycles. The molecule has 0 aliphatic heterocycles. The summed E-state index contributed by atoms with van der Waals surface area (Å²) in [5.74, 6) is 0.192. The Kier molecular flexibility index (Phi) is 7.17. The highest BCUT2D eigenvalue weighted by molar-refractivity contribution is 7.89. The van der Waals surface area contributed by atoms with E-state index in [2.05, 4.69) is 4.72 Å². The molecule has 0 saturated heterocycles. The van der Waals surface area contributed by atoms with E-state index in [9.17, 15) is 18.3 Å². The fourth-order valence-electron chi connectivity index (χ4n) is 2.35. The molecule has 0 heterocycles. The van der Waals surface area contributed by atoms with Crippen LogP contribution < -0.4 is 14.6 Å². The van der Waals surface area contributed by atoms with Gasteiger partial charge in [-0.15, -0.1) is 0 Å². The number of benzene rings is 2. The molecule has 0 saturated carbocycles. The van der Waals surface area contributed by atoms with Gasteiger partial charge >= 0.3 is 0 Å². The number of hydrogen-bond donors (Lipinski definition) is 1. The van der Waals surface area contributed by atoms with Crippen molar-refractivity contribution in [2.75, 3.05) is 6.54 Å². The molecule has 1 N–H and O–H groups in total. The molecule has 7 heteroatoms. The number of nitrogens with one attached hydrogen (secondary N) is 1. The van der Waals surface area contributed by atoms with Gasteiger partial charge in [-0.2, -0.15) is 0 Å². The standard InChI is InChI=1S/C19H23NO5S/c1-15-7-4-5-8-18(15)25-16-10-12-17(13-11-16)26(23,24)20-14-6-2-3-9-19(21)22/h4-5,7-8,10-13,20H,2-3,6,9,14H2,1H3,(H,21,22)/p-1. The average Bonchev–Trinajstić information content (AvgIpc) is 2.60. The van der Waals surface area contributed by atoms with E-state index in [0.717, 1.165) is 11.3 Å². The Morgan fingerprint density at radius 1 is 1.04 bits per heavy atom. The van der Waals surface area contributed by atoms with Crippen LogP contribution in [-0.2, 0) is 14.8 Å². The summed E-state index contributed by atoms with van der Waals surface area (Å²) in [5.41, 5.74) is 0.990. The molecule has 2 rings (SSSR count). The molecule has 140 valence electrons. The lowest BCUT2D eigenvalue weighted by molar-refractivity contribution is -0.305. The number of hydrogen-bond acceptors (Lipinski definition) is 5. The summed E-state index contributed by atoms with van der Waals surface area (Å²) >= 11 is 0. The summed E-state index contributed by atoms with van der Waals surface area (Å²) < 4.78 is 32.7. The molecule has 0 bridgehead atoms. The molecule has 0 fully saturated rings. The van der Waals surface area contributed by atoms with Crippen molar-refractivity contribution >= 4 is 16.0 Å². The van der Waals surface area contributed by atoms with E-state index < -0.39 is 16.0 Å². The first-order valence-electron chi connectivity index (χ1n) is 8.41. The van der Waals surface area contributed by atoms with Crippen LogP contribution in [-0.4, -0.2) is 20.9 Å². The fourth-order valence-corrected chi connectivity index (χ4v) is 3.42. The number of sulfonamides is 1. The third kappa shape index (κ3) is 6.16. The van der Waals surface area contributed by atoms with Crippen molar-refractivity contribution in [3.63, 3.8) is 0 Å². The van der Waals surface area contributed by atoms with Gasteiger partial charge < -0.3 is 14.6 Å². The van der Waals surface area contributed by atoms with Crippen molar-refractivity contribution in [1.82, 2.24) is 4.72 Å². The van der Waals surface area contributed by atoms with Crippen LogP contribution in [0.25, 0.3) is 0 Å². The van der Waals surface area contributed by atoms with Crippen LogP contribution in [0, 0.1) is 6.92 Å². The Morgan fingerprint density at radius 2 is 1.73 bits per heavy atom. The predicted molar refractivity (Wildman–Crippen MR) is 96.4 cm³/mol. The smallest absolute Gasteiger partial charge is 0.240 e. The third-order valence-electron chi connectivity index (χ3n) is 3.81. The van der Waals surface area contributed by atoms with E-state index in [0.29, 0.717) is 25.0 Å². The van der Waals surface area contributed by atoms with Gasteiger partial charge in [-0.1, -0.05) is 24.6 Å². The SMILES string of the molecule is Cc1ccccc1Oc1ccc(S(=O)(=O)NCCCCCC(=O)[O-])cc1. The summed E-state index contributed by atoms with van der Waals surface area (Å²) in [6.45, 7) is 2.20. The van der Waals surface area contributed by atoms with E-state index >= 15 is 0 Å². The molecule has 2 aromatic rings. The second-order valence-corrected chi connectivity index (χ2v) is 7.69. The largest absolute Gasteiger partial charge is 0.550 e. The van der Waals surface area contributed by atoms with E-state index in [-0.39, 0.29) is 17.9 Å². The van der Waals surface area contributed by atoms with Crippen molar-refractivity contribution < 1.29 is 23.1 Å². The van der Waals surface area contributed by atoms with Crippen molar-refractivity contribution in [3.05, 3.63) is 54.1 Å². The van der Waals surface area contributed by atoms with Gasteiger partial charge in [-0.05, 0) is 62.1 Å². The highest BCUT2D eigenvalue weighted by Gasteiger charge is 2.13. The highest BCUT2D eigenvalue weighted by Crippen LogP contribution is 2.25. The number of carbonyl (C=O) groups excluding carboxylic acids is 1. The lowest BCUT2D eigenvalue weighted by Crippen LogP contribution is -2.25. The van der Waals surface area contributed by atoms with E-state index in [1.165, 1.54) is 12.1 Å². The number of carbonyl (C=O) groups is 1. The van der Waals surface area contributed by atoms with Gasteiger partial charge in [0.05, 0.1) is 4.90 Å². The summed E-state index contributed by atoms with van der Waals surface area (Å²) in [7, 11) is -3.60. The normalized spacial score (nSPS) is 11.3. The van der Waals surface area contributed by atoms with Crippen LogP contribution in [0.4, 0.5) is 0 Å². The zero-order valence-electron chi connectivity index (χ0n) is 14.6. The van der Waals surface area contributed by atoms with Gasteiger partial charge in [0.2, 0.25) is 10.0 Å². The van der Waals surface area contributed by atoms with Crippen LogP contribution in [0.3, 0.4) is 0 Å². The second kappa shape index (κ2) is 9.35. The number of carboxylic acids is 1. The van der Waals surface area contributed by atoms with Gasteiger partial charge in [0.25, 0.3) is 0 Å². The highest BCUT2D eigenvalue weighted by atomic mass is 32.2. The van der Waals surface area contributed by atoms with Crippen LogP contribution in [0.15, 0.2) is 53.4 Å². The molecule has 0 spiro atoms.